The summed E-state index contributed by atoms with van der Waals surface area (Å²) in [5, 5.41) is 22.2. The van der Waals surface area contributed by atoms with Crippen LogP contribution in [0.25, 0.3) is 21.8 Å². The third-order valence-electron chi connectivity index (χ3n) is 5.83. The Hall–Kier alpha value is -4.45. The van der Waals surface area contributed by atoms with Gasteiger partial charge in [-0.2, -0.15) is 5.26 Å². The Morgan fingerprint density at radius 3 is 2.84 bits per heavy atom. The lowest BCUT2D eigenvalue weighted by Gasteiger charge is -2.28. The monoisotopic (exact) mass is 427 g/mol. The van der Waals surface area contributed by atoms with E-state index >= 15 is 0 Å². The quantitative estimate of drug-likeness (QED) is 0.299. The molecular formula is C23H17N5O4. The number of ether oxygens (including phenoxy) is 1. The van der Waals surface area contributed by atoms with Crippen LogP contribution in [0.4, 0.5) is 11.5 Å². The molecule has 0 fully saturated rings. The van der Waals surface area contributed by atoms with Gasteiger partial charge in [-0.1, -0.05) is 0 Å². The Morgan fingerprint density at radius 1 is 1.25 bits per heavy atom. The van der Waals surface area contributed by atoms with Crippen molar-refractivity contribution in [3.8, 4) is 6.07 Å². The number of carbonyl (C=O) groups excluding carboxylic acids is 1. The van der Waals surface area contributed by atoms with Crippen LogP contribution in [-0.2, 0) is 17.7 Å². The van der Waals surface area contributed by atoms with Crippen molar-refractivity contribution in [3.63, 3.8) is 0 Å². The molecule has 158 valence electrons. The molecule has 32 heavy (non-hydrogen) atoms. The van der Waals surface area contributed by atoms with Crippen molar-refractivity contribution in [2.75, 3.05) is 18.6 Å². The molecule has 0 amide bonds. The molecule has 1 aliphatic heterocycles. The first-order valence-corrected chi connectivity index (χ1v) is 9.94. The normalized spacial score (nSPS) is 13.1. The van der Waals surface area contributed by atoms with Crippen LogP contribution >= 0.6 is 0 Å². The van der Waals surface area contributed by atoms with E-state index in [2.05, 4.69) is 20.9 Å². The summed E-state index contributed by atoms with van der Waals surface area (Å²) in [5.74, 6) is 0.241. The minimum Gasteiger partial charge on any atom is -0.465 e. The summed E-state index contributed by atoms with van der Waals surface area (Å²) in [4.78, 5) is 32.8. The second-order valence-corrected chi connectivity index (χ2v) is 7.60. The van der Waals surface area contributed by atoms with Crippen molar-refractivity contribution in [2.24, 2.45) is 0 Å². The van der Waals surface area contributed by atoms with Crippen molar-refractivity contribution in [1.82, 2.24) is 9.97 Å². The molecule has 5 rings (SSSR count). The largest absolute Gasteiger partial charge is 0.465 e. The van der Waals surface area contributed by atoms with E-state index in [0.29, 0.717) is 40.9 Å². The van der Waals surface area contributed by atoms with E-state index in [9.17, 15) is 20.2 Å². The number of fused-ring (bicyclic) bond motifs is 4. The summed E-state index contributed by atoms with van der Waals surface area (Å²) in [6, 6.07) is 13.6. The average molecular weight is 427 g/mol. The Kier molecular flexibility index (Phi) is 4.48. The van der Waals surface area contributed by atoms with Gasteiger partial charge in [-0.15, -0.1) is 0 Å². The van der Waals surface area contributed by atoms with Gasteiger partial charge in [0.05, 0.1) is 34.7 Å². The number of aromatic amines is 1. The minimum absolute atomic E-state index is 0.0774. The maximum Gasteiger partial charge on any atom is 0.337 e. The number of esters is 1. The maximum absolute atomic E-state index is 12.0. The van der Waals surface area contributed by atoms with Crippen LogP contribution in [0.1, 0.15) is 27.2 Å². The number of rotatable bonds is 3. The molecule has 2 aromatic carbocycles. The molecule has 3 heterocycles. The predicted molar refractivity (Wildman–Crippen MR) is 118 cm³/mol. The number of non-ortho nitro benzene ring substituents is 1. The smallest absolute Gasteiger partial charge is 0.337 e. The van der Waals surface area contributed by atoms with E-state index in [1.54, 1.807) is 18.2 Å². The van der Waals surface area contributed by atoms with E-state index < -0.39 is 10.9 Å². The highest BCUT2D eigenvalue weighted by atomic mass is 16.6. The summed E-state index contributed by atoms with van der Waals surface area (Å²) in [6.07, 6.45) is 0.749. The summed E-state index contributed by atoms with van der Waals surface area (Å²) in [5.41, 5.74) is 4.40. The molecule has 0 radical (unpaired) electrons. The zero-order valence-corrected chi connectivity index (χ0v) is 17.1. The van der Waals surface area contributed by atoms with Crippen LogP contribution in [0.2, 0.25) is 0 Å². The van der Waals surface area contributed by atoms with Gasteiger partial charge in [0.15, 0.2) is 0 Å². The number of pyridine rings is 1. The van der Waals surface area contributed by atoms with Gasteiger partial charge in [0.1, 0.15) is 5.82 Å². The second-order valence-electron chi connectivity index (χ2n) is 7.60. The van der Waals surface area contributed by atoms with E-state index in [0.717, 1.165) is 28.6 Å². The molecule has 1 N–H and O–H groups in total. The molecular weight excluding hydrogens is 410 g/mol. The zero-order valence-electron chi connectivity index (χ0n) is 17.1. The topological polar surface area (TPSA) is 125 Å². The Bertz CT molecular complexity index is 1470. The van der Waals surface area contributed by atoms with Gasteiger partial charge in [-0.05, 0) is 30.3 Å². The van der Waals surface area contributed by atoms with Crippen LogP contribution in [0, 0.1) is 21.4 Å². The van der Waals surface area contributed by atoms with Crippen molar-refractivity contribution in [2.45, 2.75) is 13.0 Å². The molecule has 2 aromatic heterocycles. The summed E-state index contributed by atoms with van der Waals surface area (Å²) < 4.78 is 4.84. The fourth-order valence-corrected chi connectivity index (χ4v) is 4.22. The number of H-pyrrole nitrogens is 1. The fourth-order valence-electron chi connectivity index (χ4n) is 4.22. The van der Waals surface area contributed by atoms with Crippen molar-refractivity contribution >= 4 is 39.3 Å². The highest BCUT2D eigenvalue weighted by Gasteiger charge is 2.23. The third kappa shape index (κ3) is 3.09. The molecule has 9 heteroatoms. The number of nitro groups is 1. The first kappa shape index (κ1) is 19.5. The highest BCUT2D eigenvalue weighted by Crippen LogP contribution is 2.32. The van der Waals surface area contributed by atoms with Crippen LogP contribution < -0.4 is 4.90 Å². The lowest BCUT2D eigenvalue weighted by Crippen LogP contribution is -2.30. The molecule has 0 saturated carbocycles. The molecule has 0 atom stereocenters. The van der Waals surface area contributed by atoms with Gasteiger partial charge >= 0.3 is 5.97 Å². The molecule has 0 bridgehead atoms. The van der Waals surface area contributed by atoms with Crippen LogP contribution in [0.15, 0.2) is 42.5 Å². The first-order chi connectivity index (χ1) is 15.5. The number of nitro benzene ring substituents is 1. The SMILES string of the molecule is COC(=O)c1ccc2[nH]c3c(c2c1)CN(c1cc(C#N)c2cc([N+](=O)[O-])ccc2n1)CC3. The third-order valence-corrected chi connectivity index (χ3v) is 5.83. The van der Waals surface area contributed by atoms with Crippen LogP contribution in [0.3, 0.4) is 0 Å². The molecule has 0 saturated heterocycles. The van der Waals surface area contributed by atoms with Gasteiger partial charge in [-0.25, -0.2) is 9.78 Å². The number of carbonyl (C=O) groups is 1. The predicted octanol–water partition coefficient (Wildman–Crippen LogP) is 3.85. The summed E-state index contributed by atoms with van der Waals surface area (Å²) in [7, 11) is 1.35. The molecule has 9 nitrogen and oxygen atoms in total. The number of benzene rings is 2. The number of hydrogen-bond donors (Lipinski definition) is 1. The number of nitriles is 1. The minimum atomic E-state index is -0.486. The van der Waals surface area contributed by atoms with Gasteiger partial charge in [0, 0.05) is 59.2 Å². The average Bonchev–Trinajstić information content (AvgIpc) is 3.19. The van der Waals surface area contributed by atoms with Gasteiger partial charge < -0.3 is 14.6 Å². The van der Waals surface area contributed by atoms with Crippen molar-refractivity contribution in [1.29, 1.82) is 5.26 Å². The van der Waals surface area contributed by atoms with Crippen LogP contribution in [0.5, 0.6) is 0 Å². The Morgan fingerprint density at radius 2 is 2.09 bits per heavy atom. The highest BCUT2D eigenvalue weighted by molar-refractivity contribution is 5.96. The number of nitrogens with zero attached hydrogens (tertiary/aromatic N) is 4. The van der Waals surface area contributed by atoms with E-state index in [1.165, 1.54) is 19.2 Å². The van der Waals surface area contributed by atoms with Crippen molar-refractivity contribution < 1.29 is 14.5 Å². The molecule has 1 aliphatic rings. The fraction of sp³-hybridized carbons (Fsp3) is 0.174. The second kappa shape index (κ2) is 7.35. The molecule has 0 unspecified atom stereocenters. The van der Waals surface area contributed by atoms with E-state index in [-0.39, 0.29) is 5.69 Å². The number of hydrogen-bond acceptors (Lipinski definition) is 7. The lowest BCUT2D eigenvalue weighted by molar-refractivity contribution is -0.384. The standard InChI is InChI=1S/C23H17N5O4/c1-32-23(29)13-2-4-20-17(8-13)18-12-27(7-6-21(18)25-20)22-9-14(11-24)16-10-15(28(30)31)3-5-19(16)26-22/h2-5,8-10,25H,6-7,12H2,1H3. The van der Waals surface area contributed by atoms with E-state index in [1.807, 2.05) is 12.1 Å². The zero-order chi connectivity index (χ0) is 22.4. The Balaban J connectivity index is 1.56. The number of methoxy groups -OCH3 is 1. The van der Waals surface area contributed by atoms with E-state index in [4.69, 9.17) is 4.74 Å². The van der Waals surface area contributed by atoms with Crippen LogP contribution in [-0.4, -0.2) is 34.5 Å². The van der Waals surface area contributed by atoms with Gasteiger partial charge in [0.2, 0.25) is 0 Å². The molecule has 4 aromatic rings. The molecule has 0 aliphatic carbocycles. The Labute approximate surface area is 182 Å². The number of aromatic nitrogens is 2. The number of anilines is 1. The molecule has 0 spiro atoms. The van der Waals surface area contributed by atoms with Gasteiger partial charge in [-0.3, -0.25) is 10.1 Å². The van der Waals surface area contributed by atoms with Crippen molar-refractivity contribution in [3.05, 3.63) is 75.0 Å². The summed E-state index contributed by atoms with van der Waals surface area (Å²) >= 11 is 0. The lowest BCUT2D eigenvalue weighted by atomic mass is 10.0. The first-order valence-electron chi connectivity index (χ1n) is 9.94. The summed E-state index contributed by atoms with van der Waals surface area (Å²) in [6.45, 7) is 1.25. The number of nitrogens with one attached hydrogen (secondary N) is 1. The van der Waals surface area contributed by atoms with Gasteiger partial charge in [0.25, 0.3) is 5.69 Å². The maximum atomic E-state index is 12.0.